The van der Waals surface area contributed by atoms with Crippen molar-refractivity contribution in [2.24, 2.45) is 5.92 Å². The minimum absolute atomic E-state index is 0.352. The fourth-order valence-corrected chi connectivity index (χ4v) is 4.60. The minimum atomic E-state index is -0.613. The number of rotatable bonds is 11. The standard InChI is InChI=1S/C19H34O2S2/c1-6-15(3)19(22-14-17(5)18-11-12-21-18)16(4)10-8-9-13-23(20)7-2/h14,16,18H,6-13H2,1-5H3/b17-14+,19-15-/t16?,18-,23?/m1/s1. The summed E-state index contributed by atoms with van der Waals surface area (Å²) in [6.45, 7) is 11.9. The predicted molar refractivity (Wildman–Crippen MR) is 105 cm³/mol. The van der Waals surface area contributed by atoms with E-state index >= 15 is 0 Å². The molecule has 0 aliphatic carbocycles. The topological polar surface area (TPSA) is 32.3 Å². The van der Waals surface area contributed by atoms with Gasteiger partial charge in [0.2, 0.25) is 0 Å². The van der Waals surface area contributed by atoms with Gasteiger partial charge in [-0.2, -0.15) is 0 Å². The Labute approximate surface area is 150 Å². The maximum Gasteiger partial charge on any atom is 0.105 e. The molecule has 0 aromatic rings. The van der Waals surface area contributed by atoms with Crippen LogP contribution in [0.15, 0.2) is 21.5 Å². The third kappa shape index (κ3) is 7.68. The predicted octanol–water partition coefficient (Wildman–Crippen LogP) is 5.67. The van der Waals surface area contributed by atoms with Crippen LogP contribution in [0.5, 0.6) is 0 Å². The Hall–Kier alpha value is 0.1000. The lowest BCUT2D eigenvalue weighted by Gasteiger charge is -2.27. The van der Waals surface area contributed by atoms with E-state index < -0.39 is 11.2 Å². The van der Waals surface area contributed by atoms with Crippen LogP contribution in [-0.4, -0.2) is 28.8 Å². The van der Waals surface area contributed by atoms with Gasteiger partial charge >= 0.3 is 0 Å². The number of ether oxygens (including phenoxy) is 1. The van der Waals surface area contributed by atoms with Gasteiger partial charge in [-0.25, -0.2) is 0 Å². The summed E-state index contributed by atoms with van der Waals surface area (Å²) in [5, 5.41) is 2.29. The second-order valence-electron chi connectivity index (χ2n) is 6.46. The van der Waals surface area contributed by atoms with Crippen LogP contribution < -0.4 is 0 Å². The molecule has 2 unspecified atom stereocenters. The second-order valence-corrected chi connectivity index (χ2v) is 9.23. The summed E-state index contributed by atoms with van der Waals surface area (Å²) < 4.78 is 17.1. The van der Waals surface area contributed by atoms with Gasteiger partial charge in [0.05, 0.1) is 12.7 Å². The van der Waals surface area contributed by atoms with Gasteiger partial charge < -0.3 is 9.29 Å². The molecule has 0 saturated carbocycles. The van der Waals surface area contributed by atoms with Crippen molar-refractivity contribution in [2.75, 3.05) is 18.1 Å². The number of thioether (sulfide) groups is 1. The molecule has 23 heavy (non-hydrogen) atoms. The van der Waals surface area contributed by atoms with Crippen molar-refractivity contribution in [3.63, 3.8) is 0 Å². The molecule has 0 aromatic heterocycles. The Morgan fingerprint density at radius 1 is 1.35 bits per heavy atom. The van der Waals surface area contributed by atoms with E-state index in [2.05, 4.69) is 33.1 Å². The maximum absolute atomic E-state index is 11.5. The quantitative estimate of drug-likeness (QED) is 0.352. The first-order valence-electron chi connectivity index (χ1n) is 8.99. The molecule has 0 spiro atoms. The first-order chi connectivity index (χ1) is 11.0. The van der Waals surface area contributed by atoms with E-state index in [1.54, 1.807) is 0 Å². The van der Waals surface area contributed by atoms with Crippen molar-refractivity contribution >= 4 is 22.9 Å². The van der Waals surface area contributed by atoms with Crippen molar-refractivity contribution in [3.05, 3.63) is 21.5 Å². The molecule has 4 heteroatoms. The van der Waals surface area contributed by atoms with Crippen LogP contribution in [0.4, 0.5) is 0 Å². The average Bonchev–Trinajstić information content (AvgIpc) is 2.49. The molecule has 1 rings (SSSR count). The Kier molecular flexibility index (Phi) is 10.7. The van der Waals surface area contributed by atoms with Crippen molar-refractivity contribution in [1.29, 1.82) is 0 Å². The number of hydrogen-bond acceptors (Lipinski definition) is 3. The highest BCUT2D eigenvalue weighted by Crippen LogP contribution is 2.35. The molecular weight excluding hydrogens is 324 g/mol. The Morgan fingerprint density at radius 2 is 2.04 bits per heavy atom. The van der Waals surface area contributed by atoms with E-state index in [9.17, 15) is 4.55 Å². The SMILES string of the molecule is CC/C(C)=C(\S/C=C(\C)[C@H]1CCO1)C(C)CCCC[S+]([O-])CC. The van der Waals surface area contributed by atoms with E-state index in [0.717, 1.165) is 31.0 Å². The highest BCUT2D eigenvalue weighted by molar-refractivity contribution is 8.05. The molecule has 134 valence electrons. The highest BCUT2D eigenvalue weighted by atomic mass is 32.2. The summed E-state index contributed by atoms with van der Waals surface area (Å²) in [5.41, 5.74) is 2.85. The van der Waals surface area contributed by atoms with Gasteiger partial charge in [0, 0.05) is 6.42 Å². The van der Waals surface area contributed by atoms with Gasteiger partial charge in [-0.1, -0.05) is 30.6 Å². The van der Waals surface area contributed by atoms with Crippen LogP contribution in [0.3, 0.4) is 0 Å². The molecule has 1 fully saturated rings. The van der Waals surface area contributed by atoms with Crippen LogP contribution in [0.25, 0.3) is 0 Å². The first-order valence-corrected chi connectivity index (χ1v) is 11.4. The summed E-state index contributed by atoms with van der Waals surface area (Å²) >= 11 is 1.28. The van der Waals surface area contributed by atoms with Crippen LogP contribution in [0.2, 0.25) is 0 Å². The van der Waals surface area contributed by atoms with E-state index in [4.69, 9.17) is 4.74 Å². The van der Waals surface area contributed by atoms with Gasteiger partial charge in [-0.05, 0) is 68.3 Å². The number of hydrogen-bond donors (Lipinski definition) is 0. The number of allylic oxidation sites excluding steroid dienone is 2. The zero-order valence-electron chi connectivity index (χ0n) is 15.5. The molecule has 2 nitrogen and oxygen atoms in total. The lowest BCUT2D eigenvalue weighted by molar-refractivity contribution is -0.0257. The van der Waals surface area contributed by atoms with E-state index in [1.807, 2.05) is 18.7 Å². The zero-order chi connectivity index (χ0) is 17.2. The lowest BCUT2D eigenvalue weighted by Crippen LogP contribution is -2.27. The van der Waals surface area contributed by atoms with E-state index in [1.165, 1.54) is 35.3 Å². The summed E-state index contributed by atoms with van der Waals surface area (Å²) in [7, 11) is 0. The summed E-state index contributed by atoms with van der Waals surface area (Å²) in [5.74, 6) is 2.24. The molecule has 1 heterocycles. The van der Waals surface area contributed by atoms with E-state index in [-0.39, 0.29) is 0 Å². The fraction of sp³-hybridized carbons (Fsp3) is 0.789. The number of unbranched alkanes of at least 4 members (excludes halogenated alkanes) is 1. The van der Waals surface area contributed by atoms with Crippen LogP contribution in [0.1, 0.15) is 66.7 Å². The van der Waals surface area contributed by atoms with Crippen LogP contribution in [-0.2, 0) is 15.9 Å². The minimum Gasteiger partial charge on any atom is -0.616 e. The van der Waals surface area contributed by atoms with Crippen molar-refractivity contribution < 1.29 is 9.29 Å². The zero-order valence-corrected chi connectivity index (χ0v) is 17.2. The molecule has 0 aromatic carbocycles. The molecule has 0 N–H and O–H groups in total. The first kappa shape index (κ1) is 21.1. The molecular formula is C19H34O2S2. The summed E-state index contributed by atoms with van der Waals surface area (Å²) in [6, 6.07) is 0. The molecule has 1 aliphatic rings. The molecule has 1 aliphatic heterocycles. The third-order valence-corrected chi connectivity index (χ3v) is 7.44. The van der Waals surface area contributed by atoms with Gasteiger partial charge in [0.15, 0.2) is 0 Å². The van der Waals surface area contributed by atoms with Crippen molar-refractivity contribution in [2.45, 2.75) is 72.8 Å². The summed E-state index contributed by atoms with van der Waals surface area (Å²) in [4.78, 5) is 1.52. The smallest absolute Gasteiger partial charge is 0.105 e. The summed E-state index contributed by atoms with van der Waals surface area (Å²) in [6.07, 6.45) is 6.07. The van der Waals surface area contributed by atoms with Gasteiger partial charge in [-0.15, -0.1) is 11.8 Å². The Morgan fingerprint density at radius 3 is 2.57 bits per heavy atom. The third-order valence-electron chi connectivity index (χ3n) is 4.56. The molecule has 0 amide bonds. The maximum atomic E-state index is 11.5. The van der Waals surface area contributed by atoms with E-state index in [0.29, 0.717) is 12.0 Å². The van der Waals surface area contributed by atoms with Gasteiger partial charge in [0.25, 0.3) is 0 Å². The lowest BCUT2D eigenvalue weighted by atomic mass is 10.0. The average molecular weight is 359 g/mol. The van der Waals surface area contributed by atoms with Crippen molar-refractivity contribution in [3.8, 4) is 0 Å². The van der Waals surface area contributed by atoms with Crippen LogP contribution in [0, 0.1) is 5.92 Å². The second kappa shape index (κ2) is 11.6. The van der Waals surface area contributed by atoms with Gasteiger partial charge in [0.1, 0.15) is 11.5 Å². The molecule has 3 atom stereocenters. The molecule has 1 saturated heterocycles. The van der Waals surface area contributed by atoms with Crippen molar-refractivity contribution in [1.82, 2.24) is 0 Å². The molecule has 0 bridgehead atoms. The fourth-order valence-electron chi connectivity index (χ4n) is 2.63. The Balaban J connectivity index is 2.49. The van der Waals surface area contributed by atoms with Gasteiger partial charge in [-0.3, -0.25) is 0 Å². The van der Waals surface area contributed by atoms with Crippen LogP contribution >= 0.6 is 11.8 Å². The largest absolute Gasteiger partial charge is 0.616 e. The molecule has 0 radical (unpaired) electrons. The monoisotopic (exact) mass is 358 g/mol. The Bertz CT molecular complexity index is 400. The highest BCUT2D eigenvalue weighted by Gasteiger charge is 2.20. The normalized spacial score (nSPS) is 22.3.